The van der Waals surface area contributed by atoms with Gasteiger partial charge in [0.05, 0.1) is 11.4 Å². The lowest BCUT2D eigenvalue weighted by atomic mass is 10.1. The number of hydrogen-bond acceptors (Lipinski definition) is 9. The summed E-state index contributed by atoms with van der Waals surface area (Å²) in [6.07, 6.45) is 3.34. The van der Waals surface area contributed by atoms with Crippen molar-refractivity contribution in [3.63, 3.8) is 0 Å². The van der Waals surface area contributed by atoms with Crippen molar-refractivity contribution in [3.05, 3.63) is 65.6 Å². The molecule has 0 aliphatic heterocycles. The largest absolute Gasteiger partial charge is 0.439 e. The Morgan fingerprint density at radius 1 is 1.09 bits per heavy atom. The van der Waals surface area contributed by atoms with Crippen LogP contribution in [0.3, 0.4) is 0 Å². The van der Waals surface area contributed by atoms with Gasteiger partial charge in [-0.1, -0.05) is 66.5 Å². The summed E-state index contributed by atoms with van der Waals surface area (Å²) < 4.78 is 1.51. The molecule has 0 aliphatic rings. The molecular formula is C23H28N8O3. The van der Waals surface area contributed by atoms with Crippen LogP contribution in [-0.4, -0.2) is 42.7 Å². The summed E-state index contributed by atoms with van der Waals surface area (Å²) in [5.74, 6) is 0.776. The Morgan fingerprint density at radius 2 is 1.91 bits per heavy atom. The Morgan fingerprint density at radius 3 is 2.65 bits per heavy atom. The molecule has 0 bridgehead atoms. The number of amides is 1. The molecule has 0 saturated heterocycles. The smallest absolute Gasteiger partial charge is 0.389 e. The van der Waals surface area contributed by atoms with Crippen molar-refractivity contribution in [2.75, 3.05) is 5.32 Å². The van der Waals surface area contributed by atoms with E-state index >= 15 is 0 Å². The summed E-state index contributed by atoms with van der Waals surface area (Å²) in [6, 6.07) is 14.6. The number of rotatable bonds is 11. The van der Waals surface area contributed by atoms with Crippen molar-refractivity contribution in [1.29, 1.82) is 0 Å². The molecule has 0 fully saturated rings. The van der Waals surface area contributed by atoms with Crippen LogP contribution in [0.2, 0.25) is 0 Å². The number of aryl methyl sites for hydroxylation is 1. The number of nitrogens with one attached hydrogen (secondary N) is 1. The monoisotopic (exact) mass is 464 g/mol. The van der Waals surface area contributed by atoms with E-state index < -0.39 is 6.09 Å². The van der Waals surface area contributed by atoms with Gasteiger partial charge in [-0.15, -0.1) is 5.10 Å². The van der Waals surface area contributed by atoms with E-state index in [9.17, 15) is 4.79 Å². The van der Waals surface area contributed by atoms with Crippen LogP contribution in [0, 0.1) is 0 Å². The number of aromatic nitrogens is 5. The number of oxime groups is 2. The van der Waals surface area contributed by atoms with Crippen LogP contribution in [-0.2, 0) is 23.3 Å². The topological polar surface area (TPSA) is 129 Å². The van der Waals surface area contributed by atoms with Gasteiger partial charge >= 0.3 is 6.09 Å². The Bertz CT molecular complexity index is 1130. The van der Waals surface area contributed by atoms with Gasteiger partial charge in [0, 0.05) is 12.6 Å². The lowest BCUT2D eigenvalue weighted by Crippen LogP contribution is -2.13. The minimum Gasteiger partial charge on any atom is -0.389 e. The lowest BCUT2D eigenvalue weighted by Gasteiger charge is -2.07. The highest BCUT2D eigenvalue weighted by atomic mass is 16.7. The molecule has 1 amide bonds. The first-order valence-electron chi connectivity index (χ1n) is 11.0. The van der Waals surface area contributed by atoms with Crippen LogP contribution in [0.25, 0.3) is 0 Å². The second-order valence-corrected chi connectivity index (χ2v) is 7.51. The molecule has 34 heavy (non-hydrogen) atoms. The van der Waals surface area contributed by atoms with Crippen LogP contribution in [0.4, 0.5) is 10.6 Å². The average Bonchev–Trinajstić information content (AvgIpc) is 3.27. The van der Waals surface area contributed by atoms with E-state index in [-0.39, 0.29) is 6.61 Å². The van der Waals surface area contributed by atoms with Crippen molar-refractivity contribution < 1.29 is 14.5 Å². The maximum atomic E-state index is 12.0. The summed E-state index contributed by atoms with van der Waals surface area (Å²) in [4.78, 5) is 26.8. The zero-order valence-corrected chi connectivity index (χ0v) is 19.5. The van der Waals surface area contributed by atoms with Crippen LogP contribution in [0.1, 0.15) is 56.6 Å². The number of nitrogens with zero attached hydrogens (tertiary/aromatic N) is 7. The first kappa shape index (κ1) is 24.5. The van der Waals surface area contributed by atoms with Crippen LogP contribution < -0.4 is 5.32 Å². The number of carbonyl (C=O) groups is 1. The predicted molar refractivity (Wildman–Crippen MR) is 127 cm³/mol. The molecule has 3 rings (SSSR count). The third-order valence-electron chi connectivity index (χ3n) is 4.71. The van der Waals surface area contributed by atoms with Crippen molar-refractivity contribution in [2.24, 2.45) is 17.4 Å². The fraction of sp³-hybridized carbons (Fsp3) is 0.348. The Kier molecular flexibility index (Phi) is 9.20. The third kappa shape index (κ3) is 7.47. The van der Waals surface area contributed by atoms with E-state index in [1.807, 2.05) is 37.3 Å². The number of anilines is 1. The summed E-state index contributed by atoms with van der Waals surface area (Å²) in [7, 11) is 1.72. The van der Waals surface area contributed by atoms with Gasteiger partial charge in [0.2, 0.25) is 5.82 Å². The van der Waals surface area contributed by atoms with Crippen LogP contribution in [0.15, 0.2) is 58.8 Å². The molecule has 0 saturated carbocycles. The molecule has 1 N–H and O–H groups in total. The minimum absolute atomic E-state index is 0.0703. The van der Waals surface area contributed by atoms with E-state index in [1.54, 1.807) is 25.2 Å². The van der Waals surface area contributed by atoms with E-state index in [0.29, 0.717) is 23.0 Å². The maximum absolute atomic E-state index is 12.0. The molecule has 2 aromatic heterocycles. The molecule has 1 aromatic carbocycles. The van der Waals surface area contributed by atoms with Gasteiger partial charge < -0.3 is 4.84 Å². The molecule has 0 unspecified atom stereocenters. The average molecular weight is 465 g/mol. The van der Waals surface area contributed by atoms with Gasteiger partial charge in [-0.25, -0.2) is 14.5 Å². The number of unbranched alkanes of at least 4 members (excludes halogenated alkanes) is 2. The number of tetrazole rings is 1. The van der Waals surface area contributed by atoms with Gasteiger partial charge in [0.15, 0.2) is 12.3 Å². The molecule has 11 heteroatoms. The van der Waals surface area contributed by atoms with E-state index in [1.165, 1.54) is 4.68 Å². The van der Waals surface area contributed by atoms with Gasteiger partial charge in [0.25, 0.3) is 0 Å². The first-order valence-corrected chi connectivity index (χ1v) is 11.0. The zero-order valence-electron chi connectivity index (χ0n) is 19.5. The number of hydrogen-bond donors (Lipinski definition) is 1. The number of carbonyl (C=O) groups excluding carboxylic acids is 1. The molecule has 0 radical (unpaired) electrons. The van der Waals surface area contributed by atoms with Crippen LogP contribution >= 0.6 is 0 Å². The normalized spacial score (nSPS) is 11.9. The molecule has 178 valence electrons. The maximum Gasteiger partial charge on any atom is 0.439 e. The van der Waals surface area contributed by atoms with Gasteiger partial charge in [-0.05, 0) is 42.3 Å². The number of benzene rings is 1. The lowest BCUT2D eigenvalue weighted by molar-refractivity contribution is 0.128. The fourth-order valence-electron chi connectivity index (χ4n) is 2.96. The molecule has 0 spiro atoms. The summed E-state index contributed by atoms with van der Waals surface area (Å²) in [5.41, 5.74) is 2.61. The first-order chi connectivity index (χ1) is 16.6. The fourth-order valence-corrected chi connectivity index (χ4v) is 2.96. The molecule has 2 heterocycles. The molecule has 11 nitrogen and oxygen atoms in total. The summed E-state index contributed by atoms with van der Waals surface area (Å²) in [6.45, 7) is 4.04. The molecular weight excluding hydrogens is 436 g/mol. The van der Waals surface area contributed by atoms with Gasteiger partial charge in [-0.3, -0.25) is 10.2 Å². The Labute approximate surface area is 197 Å². The highest BCUT2D eigenvalue weighted by molar-refractivity contribution is 6.10. The van der Waals surface area contributed by atoms with Crippen LogP contribution in [0.5, 0.6) is 0 Å². The highest BCUT2D eigenvalue weighted by Gasteiger charge is 2.15. The predicted octanol–water partition coefficient (Wildman–Crippen LogP) is 4.08. The minimum atomic E-state index is -0.709. The van der Waals surface area contributed by atoms with Crippen molar-refractivity contribution in [1.82, 2.24) is 25.2 Å². The highest BCUT2D eigenvalue weighted by Crippen LogP contribution is 2.11. The second kappa shape index (κ2) is 12.8. The summed E-state index contributed by atoms with van der Waals surface area (Å²) in [5, 5.41) is 22.2. The zero-order chi connectivity index (χ0) is 24.2. The third-order valence-corrected chi connectivity index (χ3v) is 4.71. The van der Waals surface area contributed by atoms with E-state index in [0.717, 1.165) is 37.0 Å². The van der Waals surface area contributed by atoms with Gasteiger partial charge in [-0.2, -0.15) is 0 Å². The number of pyridine rings is 1. The van der Waals surface area contributed by atoms with Crippen molar-refractivity contribution in [2.45, 2.75) is 46.1 Å². The molecule has 3 aromatic rings. The standard InChI is InChI=1S/C23H28N8O3/c1-4-5-7-11-17(2)27-34-23(32)25-20-15-10-14-19(24-20)16-33-28-21(18-12-8-6-9-13-18)22-26-29-30-31(22)3/h6,8-10,12-15H,4-5,7,11,16H2,1-3H3,(H,24,25,32)/b27-17-,28-21-. The molecule has 0 aliphatic carbocycles. The molecule has 0 atom stereocenters. The van der Waals surface area contributed by atoms with Crippen molar-refractivity contribution in [3.8, 4) is 0 Å². The Hall–Kier alpha value is -4.15. The van der Waals surface area contributed by atoms with E-state index in [2.05, 4.69) is 43.1 Å². The van der Waals surface area contributed by atoms with Gasteiger partial charge in [0.1, 0.15) is 5.82 Å². The van der Waals surface area contributed by atoms with E-state index in [4.69, 9.17) is 9.68 Å². The SMILES string of the molecule is CCCCC/C(C)=N\OC(=O)Nc1cccc(CO/N=C(/c2ccccc2)c2nnnn2C)n1. The quantitative estimate of drug-likeness (QED) is 0.196. The van der Waals surface area contributed by atoms with Crippen molar-refractivity contribution >= 4 is 23.3 Å². The second-order valence-electron chi connectivity index (χ2n) is 7.51. The Balaban J connectivity index is 1.60. The summed E-state index contributed by atoms with van der Waals surface area (Å²) >= 11 is 0.